The zero-order valence-electron chi connectivity index (χ0n) is 14.2. The monoisotopic (exact) mass is 269 g/mol. The van der Waals surface area contributed by atoms with Gasteiger partial charge in [0, 0.05) is 44.3 Å². The van der Waals surface area contributed by atoms with Gasteiger partial charge in [-0.15, -0.1) is 0 Å². The zero-order chi connectivity index (χ0) is 14.6. The molecule has 1 rings (SSSR count). The first-order chi connectivity index (χ1) is 8.77. The highest BCUT2D eigenvalue weighted by atomic mass is 15.3. The molecule has 0 saturated carbocycles. The molecule has 0 radical (unpaired) electrons. The van der Waals surface area contributed by atoms with Crippen molar-refractivity contribution in [1.29, 1.82) is 0 Å². The molecule has 0 aliphatic carbocycles. The van der Waals surface area contributed by atoms with Crippen LogP contribution in [0.4, 0.5) is 0 Å². The summed E-state index contributed by atoms with van der Waals surface area (Å²) in [5.41, 5.74) is 0.389. The molecule has 1 saturated heterocycles. The van der Waals surface area contributed by atoms with Crippen molar-refractivity contribution in [2.75, 3.05) is 33.2 Å². The summed E-state index contributed by atoms with van der Waals surface area (Å²) in [5.74, 6) is 0. The second-order valence-corrected chi connectivity index (χ2v) is 7.26. The van der Waals surface area contributed by atoms with Crippen LogP contribution in [0.1, 0.15) is 48.0 Å². The van der Waals surface area contributed by atoms with Crippen LogP contribution in [0, 0.1) is 5.41 Å². The fourth-order valence-corrected chi connectivity index (χ4v) is 2.93. The largest absolute Gasteiger partial charge is 0.314 e. The second-order valence-electron chi connectivity index (χ2n) is 7.26. The summed E-state index contributed by atoms with van der Waals surface area (Å²) in [6.07, 6.45) is 1.24. The van der Waals surface area contributed by atoms with E-state index >= 15 is 0 Å². The Balaban J connectivity index is 2.55. The summed E-state index contributed by atoms with van der Waals surface area (Å²) in [6, 6.07) is 1.92. The number of nitrogens with zero attached hydrogens (tertiary/aromatic N) is 2. The minimum atomic E-state index is 0.389. The maximum absolute atomic E-state index is 3.62. The van der Waals surface area contributed by atoms with Crippen LogP contribution < -0.4 is 5.32 Å². The summed E-state index contributed by atoms with van der Waals surface area (Å²) >= 11 is 0. The van der Waals surface area contributed by atoms with Crippen molar-refractivity contribution < 1.29 is 0 Å². The highest BCUT2D eigenvalue weighted by Gasteiger charge is 2.31. The highest BCUT2D eigenvalue weighted by molar-refractivity contribution is 4.87. The molecule has 1 aliphatic heterocycles. The fraction of sp³-hybridized carbons (Fsp3) is 1.00. The molecule has 1 aliphatic rings. The molecular formula is C16H35N3. The number of rotatable bonds is 6. The van der Waals surface area contributed by atoms with E-state index in [9.17, 15) is 0 Å². The molecule has 0 bridgehead atoms. The Hall–Kier alpha value is -0.120. The molecule has 1 N–H and O–H groups in total. The summed E-state index contributed by atoms with van der Waals surface area (Å²) in [4.78, 5) is 5.17. The lowest BCUT2D eigenvalue weighted by atomic mass is 9.86. The third-order valence-corrected chi connectivity index (χ3v) is 4.83. The zero-order valence-corrected chi connectivity index (χ0v) is 14.2. The van der Waals surface area contributed by atoms with Crippen LogP contribution in [0.5, 0.6) is 0 Å². The topological polar surface area (TPSA) is 18.5 Å². The number of hydrogen-bond donors (Lipinski definition) is 1. The average Bonchev–Trinajstić information content (AvgIpc) is 2.33. The quantitative estimate of drug-likeness (QED) is 0.799. The summed E-state index contributed by atoms with van der Waals surface area (Å²) < 4.78 is 0. The van der Waals surface area contributed by atoms with Crippen LogP contribution in [0.3, 0.4) is 0 Å². The van der Waals surface area contributed by atoms with Gasteiger partial charge in [0.05, 0.1) is 0 Å². The van der Waals surface area contributed by atoms with Crippen molar-refractivity contribution in [3.8, 4) is 0 Å². The van der Waals surface area contributed by atoms with Gasteiger partial charge in [0.25, 0.3) is 0 Å². The molecule has 3 atom stereocenters. The lowest BCUT2D eigenvalue weighted by Gasteiger charge is -2.45. The molecule has 1 fully saturated rings. The first-order valence-electron chi connectivity index (χ1n) is 7.95. The third-order valence-electron chi connectivity index (χ3n) is 4.83. The lowest BCUT2D eigenvalue weighted by molar-refractivity contribution is 0.0333. The summed E-state index contributed by atoms with van der Waals surface area (Å²) in [6.45, 7) is 18.7. The van der Waals surface area contributed by atoms with Crippen molar-refractivity contribution in [2.24, 2.45) is 5.41 Å². The average molecular weight is 269 g/mol. The Morgan fingerprint density at radius 1 is 1.21 bits per heavy atom. The molecule has 0 amide bonds. The second kappa shape index (κ2) is 7.05. The van der Waals surface area contributed by atoms with Crippen LogP contribution in [0.15, 0.2) is 0 Å². The van der Waals surface area contributed by atoms with Crippen LogP contribution in [0.2, 0.25) is 0 Å². The van der Waals surface area contributed by atoms with Gasteiger partial charge in [-0.25, -0.2) is 0 Å². The summed E-state index contributed by atoms with van der Waals surface area (Å²) in [5, 5.41) is 3.62. The molecular weight excluding hydrogens is 234 g/mol. The maximum atomic E-state index is 3.62. The van der Waals surface area contributed by atoms with Gasteiger partial charge in [0.15, 0.2) is 0 Å². The van der Waals surface area contributed by atoms with Gasteiger partial charge in [0.1, 0.15) is 0 Å². The Morgan fingerprint density at radius 2 is 1.74 bits per heavy atom. The molecule has 1 heterocycles. The number of hydrogen-bond acceptors (Lipinski definition) is 3. The predicted octanol–water partition coefficient (Wildman–Crippen LogP) is 2.43. The van der Waals surface area contributed by atoms with Gasteiger partial charge in [-0.1, -0.05) is 27.7 Å². The molecule has 0 aromatic carbocycles. The van der Waals surface area contributed by atoms with Gasteiger partial charge < -0.3 is 5.32 Å². The van der Waals surface area contributed by atoms with Crippen molar-refractivity contribution in [2.45, 2.75) is 66.1 Å². The Kier molecular flexibility index (Phi) is 6.28. The number of likely N-dealkylation sites (N-methyl/N-ethyl adjacent to an activating group) is 1. The molecule has 0 spiro atoms. The van der Waals surface area contributed by atoms with Gasteiger partial charge in [-0.3, -0.25) is 9.80 Å². The van der Waals surface area contributed by atoms with Gasteiger partial charge in [-0.05, 0) is 32.7 Å². The number of piperazine rings is 1. The van der Waals surface area contributed by atoms with E-state index in [1.54, 1.807) is 0 Å². The molecule has 114 valence electrons. The van der Waals surface area contributed by atoms with Crippen molar-refractivity contribution in [3.63, 3.8) is 0 Å². The van der Waals surface area contributed by atoms with Gasteiger partial charge >= 0.3 is 0 Å². The maximum Gasteiger partial charge on any atom is 0.0195 e. The van der Waals surface area contributed by atoms with E-state index < -0.39 is 0 Å². The lowest BCUT2D eigenvalue weighted by Crippen LogP contribution is -2.57. The minimum absolute atomic E-state index is 0.389. The minimum Gasteiger partial charge on any atom is -0.314 e. The Bertz CT molecular complexity index is 255. The van der Waals surface area contributed by atoms with Crippen LogP contribution in [-0.4, -0.2) is 61.2 Å². The van der Waals surface area contributed by atoms with Crippen LogP contribution >= 0.6 is 0 Å². The smallest absolute Gasteiger partial charge is 0.0195 e. The normalized spacial score (nSPS) is 29.7. The van der Waals surface area contributed by atoms with E-state index in [1.165, 1.54) is 26.1 Å². The molecule has 0 aromatic heterocycles. The fourth-order valence-electron chi connectivity index (χ4n) is 2.93. The van der Waals surface area contributed by atoms with E-state index in [1.807, 2.05) is 0 Å². The van der Waals surface area contributed by atoms with Crippen molar-refractivity contribution in [3.05, 3.63) is 0 Å². The molecule has 3 heteroatoms. The van der Waals surface area contributed by atoms with Gasteiger partial charge in [0.2, 0.25) is 0 Å². The standard InChI is InChI=1S/C16H35N3/c1-8-16(6,11-17-13(2)3)12-19-9-14(4)18(7)15(5)10-19/h13-15,17H,8-12H2,1-7H3. The first-order valence-corrected chi connectivity index (χ1v) is 7.95. The molecule has 0 aromatic rings. The van der Waals surface area contributed by atoms with Crippen LogP contribution in [-0.2, 0) is 0 Å². The predicted molar refractivity (Wildman–Crippen MR) is 84.7 cm³/mol. The summed E-state index contributed by atoms with van der Waals surface area (Å²) in [7, 11) is 2.26. The van der Waals surface area contributed by atoms with E-state index in [0.29, 0.717) is 23.5 Å². The van der Waals surface area contributed by atoms with E-state index in [0.717, 1.165) is 6.54 Å². The number of nitrogens with one attached hydrogen (secondary N) is 1. The van der Waals surface area contributed by atoms with E-state index in [2.05, 4.69) is 63.7 Å². The van der Waals surface area contributed by atoms with Crippen molar-refractivity contribution in [1.82, 2.24) is 15.1 Å². The van der Waals surface area contributed by atoms with Crippen molar-refractivity contribution >= 4 is 0 Å². The van der Waals surface area contributed by atoms with Gasteiger partial charge in [-0.2, -0.15) is 0 Å². The van der Waals surface area contributed by atoms with E-state index in [-0.39, 0.29) is 0 Å². The first kappa shape index (κ1) is 16.9. The van der Waals surface area contributed by atoms with Crippen LogP contribution in [0.25, 0.3) is 0 Å². The SMILES string of the molecule is CCC(C)(CNC(C)C)CN1CC(C)N(C)C(C)C1. The van der Waals surface area contributed by atoms with E-state index in [4.69, 9.17) is 0 Å². The third kappa shape index (κ3) is 5.05. The Labute approximate surface area is 120 Å². The molecule has 19 heavy (non-hydrogen) atoms. The molecule has 3 unspecified atom stereocenters. The Morgan fingerprint density at radius 3 is 2.16 bits per heavy atom. The molecule has 3 nitrogen and oxygen atoms in total. The highest BCUT2D eigenvalue weighted by Crippen LogP contribution is 2.24.